The van der Waals surface area contributed by atoms with Crippen molar-refractivity contribution in [3.8, 4) is 11.5 Å². The summed E-state index contributed by atoms with van der Waals surface area (Å²) in [5, 5.41) is 0. The zero-order valence-electron chi connectivity index (χ0n) is 20.9. The van der Waals surface area contributed by atoms with E-state index in [1.807, 2.05) is 17.9 Å². The molecule has 1 fully saturated rings. The normalized spacial score (nSPS) is 19.6. The number of fused-ring (bicyclic) bond motifs is 1. The largest absolute Gasteiger partial charge is 0.494 e. The third-order valence-electron chi connectivity index (χ3n) is 7.52. The average Bonchev–Trinajstić information content (AvgIpc) is 2.87. The first kappa shape index (κ1) is 24.6. The molecule has 0 saturated carbocycles. The van der Waals surface area contributed by atoms with E-state index in [1.54, 1.807) is 0 Å². The lowest BCUT2D eigenvalue weighted by molar-refractivity contribution is -0.146. The number of nitrogens with zero attached hydrogens (tertiary/aromatic N) is 2. The van der Waals surface area contributed by atoms with Crippen molar-refractivity contribution in [2.24, 2.45) is 5.41 Å². The van der Waals surface area contributed by atoms with Crippen LogP contribution in [0.25, 0.3) is 0 Å². The molecule has 0 aromatic heterocycles. The molecule has 2 aromatic carbocycles. The van der Waals surface area contributed by atoms with Gasteiger partial charge in [0.2, 0.25) is 5.91 Å². The SMILES string of the molecule is CCOc1ccc(CN2CCC3(CCCCc4ccccc4OCCN(CC)C3=O)CC2)cc1. The first-order chi connectivity index (χ1) is 16.6. The molecule has 2 aromatic rings. The molecule has 5 nitrogen and oxygen atoms in total. The Balaban J connectivity index is 1.41. The molecule has 2 heterocycles. The Labute approximate surface area is 205 Å². The Hall–Kier alpha value is -2.53. The van der Waals surface area contributed by atoms with Gasteiger partial charge in [0.05, 0.1) is 18.6 Å². The second-order valence-electron chi connectivity index (χ2n) is 9.68. The van der Waals surface area contributed by atoms with Gasteiger partial charge in [-0.1, -0.05) is 36.8 Å². The molecule has 0 N–H and O–H groups in total. The van der Waals surface area contributed by atoms with E-state index in [2.05, 4.69) is 54.3 Å². The Bertz CT molecular complexity index is 919. The minimum absolute atomic E-state index is 0.232. The summed E-state index contributed by atoms with van der Waals surface area (Å²) in [6.07, 6.45) is 6.06. The lowest BCUT2D eigenvalue weighted by Crippen LogP contribution is -2.51. The fourth-order valence-corrected chi connectivity index (χ4v) is 5.46. The van der Waals surface area contributed by atoms with Gasteiger partial charge in [-0.15, -0.1) is 0 Å². The molecule has 5 heteroatoms. The van der Waals surface area contributed by atoms with E-state index < -0.39 is 0 Å². The van der Waals surface area contributed by atoms with Gasteiger partial charge in [0.15, 0.2) is 0 Å². The number of carbonyl (C=O) groups is 1. The molecule has 4 rings (SSSR count). The number of ether oxygens (including phenoxy) is 2. The molecule has 1 amide bonds. The van der Waals surface area contributed by atoms with E-state index in [4.69, 9.17) is 9.47 Å². The van der Waals surface area contributed by atoms with Crippen LogP contribution in [0.15, 0.2) is 48.5 Å². The average molecular weight is 465 g/mol. The van der Waals surface area contributed by atoms with Gasteiger partial charge in [0.25, 0.3) is 0 Å². The summed E-state index contributed by atoms with van der Waals surface area (Å²) >= 11 is 0. The van der Waals surface area contributed by atoms with Crippen molar-refractivity contribution in [3.63, 3.8) is 0 Å². The van der Waals surface area contributed by atoms with E-state index in [0.717, 1.165) is 76.2 Å². The van der Waals surface area contributed by atoms with Crippen LogP contribution in [0.2, 0.25) is 0 Å². The van der Waals surface area contributed by atoms with Crippen molar-refractivity contribution < 1.29 is 14.3 Å². The highest BCUT2D eigenvalue weighted by atomic mass is 16.5. The minimum Gasteiger partial charge on any atom is -0.494 e. The van der Waals surface area contributed by atoms with Crippen LogP contribution in [0, 0.1) is 5.41 Å². The third-order valence-corrected chi connectivity index (χ3v) is 7.52. The maximum atomic E-state index is 13.8. The van der Waals surface area contributed by atoms with Crippen LogP contribution < -0.4 is 9.47 Å². The number of likely N-dealkylation sites (tertiary alicyclic amines) is 1. The molecule has 184 valence electrons. The number of amides is 1. The van der Waals surface area contributed by atoms with Crippen molar-refractivity contribution in [2.75, 3.05) is 39.4 Å². The number of hydrogen-bond acceptors (Lipinski definition) is 4. The van der Waals surface area contributed by atoms with Crippen LogP contribution in [0.5, 0.6) is 11.5 Å². The number of benzene rings is 2. The van der Waals surface area contributed by atoms with Gasteiger partial charge >= 0.3 is 0 Å². The number of likely N-dealkylation sites (N-methyl/N-ethyl adjacent to an activating group) is 1. The first-order valence-corrected chi connectivity index (χ1v) is 13.1. The summed E-state index contributed by atoms with van der Waals surface area (Å²) in [5.41, 5.74) is 2.36. The molecule has 1 saturated heterocycles. The second kappa shape index (κ2) is 11.7. The van der Waals surface area contributed by atoms with E-state index in [9.17, 15) is 4.79 Å². The van der Waals surface area contributed by atoms with E-state index in [0.29, 0.717) is 25.7 Å². The number of piperidine rings is 1. The van der Waals surface area contributed by atoms with Gasteiger partial charge in [-0.3, -0.25) is 9.69 Å². The molecule has 1 spiro atoms. The molecule has 2 aliphatic rings. The number of rotatable bonds is 5. The van der Waals surface area contributed by atoms with Crippen LogP contribution >= 0.6 is 0 Å². The maximum Gasteiger partial charge on any atom is 0.228 e. The lowest BCUT2D eigenvalue weighted by Gasteiger charge is -2.43. The highest BCUT2D eigenvalue weighted by Gasteiger charge is 2.42. The summed E-state index contributed by atoms with van der Waals surface area (Å²) in [6.45, 7) is 9.60. The molecule has 0 unspecified atom stereocenters. The van der Waals surface area contributed by atoms with Gasteiger partial charge < -0.3 is 14.4 Å². The smallest absolute Gasteiger partial charge is 0.228 e. The second-order valence-corrected chi connectivity index (χ2v) is 9.68. The molecule has 0 atom stereocenters. The third kappa shape index (κ3) is 5.93. The number of aryl methyl sites for hydroxylation is 1. The predicted molar refractivity (Wildman–Crippen MR) is 136 cm³/mol. The molecule has 2 aliphatic heterocycles. The monoisotopic (exact) mass is 464 g/mol. The number of hydrogen-bond donors (Lipinski definition) is 0. The summed E-state index contributed by atoms with van der Waals surface area (Å²) in [5.74, 6) is 2.24. The van der Waals surface area contributed by atoms with E-state index in [1.165, 1.54) is 11.1 Å². The Morgan fingerprint density at radius 2 is 1.71 bits per heavy atom. The van der Waals surface area contributed by atoms with Crippen LogP contribution in [0.3, 0.4) is 0 Å². The van der Waals surface area contributed by atoms with Crippen LogP contribution in [-0.4, -0.2) is 55.1 Å². The van der Waals surface area contributed by atoms with Gasteiger partial charge in [0.1, 0.15) is 18.1 Å². The van der Waals surface area contributed by atoms with Crippen LogP contribution in [0.1, 0.15) is 57.1 Å². The van der Waals surface area contributed by atoms with E-state index in [-0.39, 0.29) is 5.41 Å². The molecule has 0 radical (unpaired) electrons. The van der Waals surface area contributed by atoms with Gasteiger partial charge in [0, 0.05) is 13.1 Å². The fraction of sp³-hybridized carbons (Fsp3) is 0.552. The van der Waals surface area contributed by atoms with Gasteiger partial charge in [-0.25, -0.2) is 0 Å². The summed E-state index contributed by atoms with van der Waals surface area (Å²) < 4.78 is 11.7. The molecule has 0 bridgehead atoms. The topological polar surface area (TPSA) is 42.0 Å². The van der Waals surface area contributed by atoms with Gasteiger partial charge in [-0.05, 0) is 88.4 Å². The standard InChI is InChI=1S/C29H40N2O3/c1-3-31-21-22-34-27-11-6-5-9-25(27)10-7-8-16-29(28(31)32)17-19-30(20-18-29)23-24-12-14-26(15-13-24)33-4-2/h5-6,9,11-15H,3-4,7-8,10,16-23H2,1-2H3. The lowest BCUT2D eigenvalue weighted by atomic mass is 9.73. The van der Waals surface area contributed by atoms with Gasteiger partial charge in [-0.2, -0.15) is 0 Å². The van der Waals surface area contributed by atoms with E-state index >= 15 is 0 Å². The molecular weight excluding hydrogens is 424 g/mol. The number of carbonyl (C=O) groups excluding carboxylic acids is 1. The molecule has 0 aliphatic carbocycles. The van der Waals surface area contributed by atoms with Crippen molar-refractivity contribution in [3.05, 3.63) is 59.7 Å². The molecule has 34 heavy (non-hydrogen) atoms. The fourth-order valence-electron chi connectivity index (χ4n) is 5.46. The Kier molecular flexibility index (Phi) is 8.49. The quantitative estimate of drug-likeness (QED) is 0.600. The Morgan fingerprint density at radius 1 is 0.941 bits per heavy atom. The van der Waals surface area contributed by atoms with Crippen molar-refractivity contribution in [1.82, 2.24) is 9.80 Å². The van der Waals surface area contributed by atoms with Crippen LogP contribution in [0.4, 0.5) is 0 Å². The summed E-state index contributed by atoms with van der Waals surface area (Å²) in [6, 6.07) is 16.8. The molecular formula is C29H40N2O3. The highest BCUT2D eigenvalue weighted by molar-refractivity contribution is 5.83. The zero-order valence-corrected chi connectivity index (χ0v) is 20.9. The minimum atomic E-state index is -0.232. The van der Waals surface area contributed by atoms with Crippen molar-refractivity contribution >= 4 is 5.91 Å². The maximum absolute atomic E-state index is 13.8. The zero-order chi connectivity index (χ0) is 23.8. The van der Waals surface area contributed by atoms with Crippen molar-refractivity contribution in [1.29, 1.82) is 0 Å². The van der Waals surface area contributed by atoms with Crippen LogP contribution in [-0.2, 0) is 17.8 Å². The summed E-state index contributed by atoms with van der Waals surface area (Å²) in [4.78, 5) is 18.4. The Morgan fingerprint density at radius 3 is 2.44 bits per heavy atom. The number of para-hydroxylation sites is 1. The highest BCUT2D eigenvalue weighted by Crippen LogP contribution is 2.39. The van der Waals surface area contributed by atoms with Crippen molar-refractivity contribution in [2.45, 2.75) is 58.9 Å². The summed E-state index contributed by atoms with van der Waals surface area (Å²) in [7, 11) is 0. The predicted octanol–water partition coefficient (Wildman–Crippen LogP) is 5.32. The first-order valence-electron chi connectivity index (χ1n) is 13.1.